The highest BCUT2D eigenvalue weighted by atomic mass is 15.3. The summed E-state index contributed by atoms with van der Waals surface area (Å²) in [5.74, 6) is 0.875. The molecule has 0 fully saturated rings. The Morgan fingerprint density at radius 1 is 1.35 bits per heavy atom. The quantitative estimate of drug-likeness (QED) is 0.888. The highest BCUT2D eigenvalue weighted by Crippen LogP contribution is 2.21. The lowest BCUT2D eigenvalue weighted by molar-refractivity contribution is 0.713. The second kappa shape index (κ2) is 5.36. The molecule has 1 aromatic carbocycles. The van der Waals surface area contributed by atoms with Gasteiger partial charge in [0.15, 0.2) is 5.96 Å². The molecule has 2 aromatic rings. The van der Waals surface area contributed by atoms with Crippen molar-refractivity contribution in [1.29, 1.82) is 0 Å². The number of hydrogen-bond acceptors (Lipinski definition) is 4. The van der Waals surface area contributed by atoms with E-state index in [1.54, 1.807) is 0 Å². The molecule has 5 nitrogen and oxygen atoms in total. The van der Waals surface area contributed by atoms with Gasteiger partial charge in [0.25, 0.3) is 0 Å². The van der Waals surface area contributed by atoms with Crippen LogP contribution in [0.4, 0.5) is 0 Å². The van der Waals surface area contributed by atoms with E-state index in [1.807, 2.05) is 36.1 Å². The summed E-state index contributed by atoms with van der Waals surface area (Å²) >= 11 is 0. The second-order valence-corrected chi connectivity index (χ2v) is 5.13. The number of nitrogens with zero attached hydrogens (tertiary/aromatic N) is 3. The minimum Gasteiger partial charge on any atom is -0.352 e. The van der Waals surface area contributed by atoms with E-state index in [0.29, 0.717) is 6.04 Å². The molecule has 1 aliphatic heterocycles. The maximum absolute atomic E-state index is 4.56. The summed E-state index contributed by atoms with van der Waals surface area (Å²) in [7, 11) is 1.95. The molecule has 1 aromatic heterocycles. The third kappa shape index (κ3) is 2.66. The van der Waals surface area contributed by atoms with E-state index >= 15 is 0 Å². The summed E-state index contributed by atoms with van der Waals surface area (Å²) in [6.45, 7) is 3.68. The molecule has 0 aliphatic carbocycles. The highest BCUT2D eigenvalue weighted by molar-refractivity contribution is 5.81. The average molecular weight is 269 g/mol. The van der Waals surface area contributed by atoms with Crippen molar-refractivity contribution in [2.24, 2.45) is 12.0 Å². The zero-order valence-electron chi connectivity index (χ0n) is 11.8. The van der Waals surface area contributed by atoms with Crippen LogP contribution in [0.5, 0.6) is 0 Å². The fraction of sp³-hybridized carbons (Fsp3) is 0.333. The van der Waals surface area contributed by atoms with Crippen molar-refractivity contribution >= 4 is 5.96 Å². The van der Waals surface area contributed by atoms with E-state index in [4.69, 9.17) is 0 Å². The Hall–Kier alpha value is -2.30. The minimum absolute atomic E-state index is 0.417. The standard InChI is InChI=1S/C15H19N5/c1-11-8-16-15(18-11)17-9-13-10-20(2)19-14(13)12-6-4-3-5-7-12/h3-7,10-11H,8-9H2,1-2H3,(H2,16,17,18). The molecule has 20 heavy (non-hydrogen) atoms. The second-order valence-electron chi connectivity index (χ2n) is 5.13. The molecule has 0 spiro atoms. The molecule has 2 N–H and O–H groups in total. The molecule has 104 valence electrons. The number of rotatable bonds is 3. The average Bonchev–Trinajstić information content (AvgIpc) is 3.03. The molecule has 0 saturated heterocycles. The van der Waals surface area contributed by atoms with Crippen LogP contribution < -0.4 is 10.6 Å². The van der Waals surface area contributed by atoms with E-state index < -0.39 is 0 Å². The van der Waals surface area contributed by atoms with Crippen molar-refractivity contribution in [3.05, 3.63) is 42.1 Å². The van der Waals surface area contributed by atoms with Gasteiger partial charge in [-0.3, -0.25) is 9.67 Å². The monoisotopic (exact) mass is 269 g/mol. The van der Waals surface area contributed by atoms with Crippen LogP contribution in [-0.2, 0) is 13.6 Å². The molecule has 0 radical (unpaired) electrons. The van der Waals surface area contributed by atoms with Crippen LogP contribution in [0.15, 0.2) is 41.5 Å². The van der Waals surface area contributed by atoms with Gasteiger partial charge in [-0.15, -0.1) is 0 Å². The Morgan fingerprint density at radius 2 is 2.15 bits per heavy atom. The number of aryl methyl sites for hydroxylation is 1. The summed E-state index contributed by atoms with van der Waals surface area (Å²) in [5, 5.41) is 11.2. The fourth-order valence-electron chi connectivity index (χ4n) is 2.34. The first kappa shape index (κ1) is 12.7. The van der Waals surface area contributed by atoms with Crippen LogP contribution in [0.3, 0.4) is 0 Å². The maximum Gasteiger partial charge on any atom is 0.191 e. The van der Waals surface area contributed by atoms with Crippen LogP contribution in [0.25, 0.3) is 11.3 Å². The summed E-state index contributed by atoms with van der Waals surface area (Å²) in [6, 6.07) is 10.7. The summed E-state index contributed by atoms with van der Waals surface area (Å²) < 4.78 is 1.85. The molecule has 3 rings (SSSR count). The van der Waals surface area contributed by atoms with Crippen molar-refractivity contribution in [3.63, 3.8) is 0 Å². The highest BCUT2D eigenvalue weighted by Gasteiger charge is 2.14. The molecule has 2 heterocycles. The van der Waals surface area contributed by atoms with Crippen LogP contribution in [-0.4, -0.2) is 28.3 Å². The first-order chi connectivity index (χ1) is 9.72. The van der Waals surface area contributed by atoms with Crippen molar-refractivity contribution in [1.82, 2.24) is 20.4 Å². The topological polar surface area (TPSA) is 54.2 Å². The molecule has 1 unspecified atom stereocenters. The SMILES string of the molecule is CC1CN=C(NCc2cn(C)nc2-c2ccccc2)N1. The molecule has 0 saturated carbocycles. The molecule has 1 aliphatic rings. The van der Waals surface area contributed by atoms with Crippen LogP contribution >= 0.6 is 0 Å². The number of aromatic nitrogens is 2. The first-order valence-corrected chi connectivity index (χ1v) is 6.85. The lowest BCUT2D eigenvalue weighted by Gasteiger charge is -2.08. The van der Waals surface area contributed by atoms with E-state index in [-0.39, 0.29) is 0 Å². The first-order valence-electron chi connectivity index (χ1n) is 6.85. The Balaban J connectivity index is 1.77. The lowest BCUT2D eigenvalue weighted by Crippen LogP contribution is -2.37. The van der Waals surface area contributed by atoms with Gasteiger partial charge in [-0.1, -0.05) is 30.3 Å². The van der Waals surface area contributed by atoms with Crippen LogP contribution in [0.1, 0.15) is 12.5 Å². The van der Waals surface area contributed by atoms with Gasteiger partial charge in [0, 0.05) is 37.0 Å². The number of nitrogens with one attached hydrogen (secondary N) is 2. The van der Waals surface area contributed by atoms with E-state index in [9.17, 15) is 0 Å². The van der Waals surface area contributed by atoms with Crippen molar-refractivity contribution in [2.75, 3.05) is 6.54 Å². The third-order valence-corrected chi connectivity index (χ3v) is 3.30. The molecular formula is C15H19N5. The normalized spacial score (nSPS) is 17.7. The lowest BCUT2D eigenvalue weighted by atomic mass is 10.1. The smallest absolute Gasteiger partial charge is 0.191 e. The van der Waals surface area contributed by atoms with Gasteiger partial charge in [-0.05, 0) is 6.92 Å². The van der Waals surface area contributed by atoms with Gasteiger partial charge < -0.3 is 10.6 Å². The Kier molecular flexibility index (Phi) is 3.41. The molecule has 5 heteroatoms. The van der Waals surface area contributed by atoms with Gasteiger partial charge in [0.2, 0.25) is 0 Å². The molecule has 0 bridgehead atoms. The summed E-state index contributed by atoms with van der Waals surface area (Å²) in [4.78, 5) is 4.41. The van der Waals surface area contributed by atoms with Gasteiger partial charge in [0.1, 0.15) is 0 Å². The number of benzene rings is 1. The molecule has 1 atom stereocenters. The van der Waals surface area contributed by atoms with Crippen LogP contribution in [0, 0.1) is 0 Å². The molecule has 0 amide bonds. The Labute approximate surface area is 118 Å². The van der Waals surface area contributed by atoms with Gasteiger partial charge in [-0.2, -0.15) is 5.10 Å². The van der Waals surface area contributed by atoms with E-state index in [2.05, 4.69) is 39.8 Å². The Morgan fingerprint density at radius 3 is 2.85 bits per heavy atom. The summed E-state index contributed by atoms with van der Waals surface area (Å²) in [6.07, 6.45) is 2.05. The van der Waals surface area contributed by atoms with Crippen molar-refractivity contribution in [3.8, 4) is 11.3 Å². The van der Waals surface area contributed by atoms with Gasteiger partial charge in [-0.25, -0.2) is 0 Å². The zero-order valence-corrected chi connectivity index (χ0v) is 11.8. The third-order valence-electron chi connectivity index (χ3n) is 3.30. The molecular weight excluding hydrogens is 250 g/mol. The number of hydrogen-bond donors (Lipinski definition) is 2. The Bertz CT molecular complexity index is 614. The minimum atomic E-state index is 0.417. The van der Waals surface area contributed by atoms with Crippen molar-refractivity contribution < 1.29 is 0 Å². The number of guanidine groups is 1. The van der Waals surface area contributed by atoms with Gasteiger partial charge >= 0.3 is 0 Å². The predicted octanol–water partition coefficient (Wildman–Crippen LogP) is 1.52. The summed E-state index contributed by atoms with van der Waals surface area (Å²) in [5.41, 5.74) is 3.33. The van der Waals surface area contributed by atoms with Gasteiger partial charge in [0.05, 0.1) is 12.2 Å². The predicted molar refractivity (Wildman–Crippen MR) is 80.4 cm³/mol. The van der Waals surface area contributed by atoms with E-state index in [0.717, 1.165) is 30.3 Å². The maximum atomic E-state index is 4.56. The van der Waals surface area contributed by atoms with E-state index in [1.165, 1.54) is 5.56 Å². The number of aliphatic imine (C=N–C) groups is 1. The largest absolute Gasteiger partial charge is 0.352 e. The fourth-order valence-corrected chi connectivity index (χ4v) is 2.34. The zero-order chi connectivity index (χ0) is 13.9. The van der Waals surface area contributed by atoms with Crippen LogP contribution in [0.2, 0.25) is 0 Å². The van der Waals surface area contributed by atoms with Crippen molar-refractivity contribution in [2.45, 2.75) is 19.5 Å².